The van der Waals surface area contributed by atoms with E-state index in [4.69, 9.17) is 5.73 Å². The van der Waals surface area contributed by atoms with Crippen molar-refractivity contribution >= 4 is 11.9 Å². The summed E-state index contributed by atoms with van der Waals surface area (Å²) in [7, 11) is 1.63. The van der Waals surface area contributed by atoms with Crippen molar-refractivity contribution < 1.29 is 18.3 Å². The molecule has 0 radical (unpaired) electrons. The summed E-state index contributed by atoms with van der Waals surface area (Å²) in [6.45, 7) is -2.73. The van der Waals surface area contributed by atoms with E-state index in [-0.39, 0.29) is 17.6 Å². The van der Waals surface area contributed by atoms with Crippen LogP contribution in [0.2, 0.25) is 0 Å². The van der Waals surface area contributed by atoms with Crippen LogP contribution in [0, 0.1) is 0 Å². The highest BCUT2D eigenvalue weighted by atomic mass is 19.3. The average molecular weight is 333 g/mol. The lowest BCUT2D eigenvalue weighted by Crippen LogP contribution is -2.34. The van der Waals surface area contributed by atoms with E-state index in [1.807, 2.05) is 30.3 Å². The quantitative estimate of drug-likeness (QED) is 0.939. The van der Waals surface area contributed by atoms with E-state index >= 15 is 0 Å². The number of nitrogens with zero attached hydrogens (tertiary/aromatic N) is 2. The minimum absolute atomic E-state index is 0.0753. The van der Waals surface area contributed by atoms with E-state index < -0.39 is 12.7 Å². The average Bonchev–Trinajstić information content (AvgIpc) is 2.84. The smallest absolute Gasteiger partial charge is 0.387 e. The van der Waals surface area contributed by atoms with Crippen LogP contribution in [0.15, 0.2) is 65.7 Å². The highest BCUT2D eigenvalue weighted by Crippen LogP contribution is 2.23. The number of aliphatic imine (C=N–C) groups is 1. The van der Waals surface area contributed by atoms with Crippen molar-refractivity contribution in [2.45, 2.75) is 12.7 Å². The summed E-state index contributed by atoms with van der Waals surface area (Å²) in [6.07, 6.45) is 0. The van der Waals surface area contributed by atoms with Crippen molar-refractivity contribution in [3.63, 3.8) is 0 Å². The van der Waals surface area contributed by atoms with Crippen molar-refractivity contribution in [3.8, 4) is 5.75 Å². The summed E-state index contributed by atoms with van der Waals surface area (Å²) in [5.41, 5.74) is 6.43. The van der Waals surface area contributed by atoms with Crippen molar-refractivity contribution in [2.75, 3.05) is 7.05 Å². The number of guanidine groups is 1. The molecule has 7 heteroatoms. The molecule has 2 aromatic rings. The van der Waals surface area contributed by atoms with Gasteiger partial charge in [-0.2, -0.15) is 8.78 Å². The summed E-state index contributed by atoms with van der Waals surface area (Å²) in [5.74, 6) is 0.398. The molecule has 1 atom stereocenters. The molecular weight excluding hydrogens is 316 g/mol. The third-order valence-corrected chi connectivity index (χ3v) is 3.25. The van der Waals surface area contributed by atoms with E-state index in [0.717, 1.165) is 5.56 Å². The summed E-state index contributed by atoms with van der Waals surface area (Å²) in [6, 6.07) is 16.9. The molecule has 126 valence electrons. The monoisotopic (exact) mass is 333 g/mol. The third kappa shape index (κ3) is 4.52. The lowest BCUT2D eigenvalue weighted by molar-refractivity contribution is -0.126. The van der Waals surface area contributed by atoms with E-state index in [2.05, 4.69) is 9.73 Å². The van der Waals surface area contributed by atoms with Crippen LogP contribution in [-0.2, 0) is 4.79 Å². The molecule has 0 aliphatic carbocycles. The largest absolute Gasteiger partial charge is 0.435 e. The number of carbonyl (C=O) groups is 1. The minimum Gasteiger partial charge on any atom is -0.435 e. The molecule has 1 unspecified atom stereocenters. The molecule has 2 aromatic carbocycles. The topological polar surface area (TPSA) is 67.9 Å². The van der Waals surface area contributed by atoms with Gasteiger partial charge in [-0.25, -0.2) is 4.99 Å². The fraction of sp³-hybridized carbons (Fsp3) is 0.176. The van der Waals surface area contributed by atoms with Crippen LogP contribution in [0.4, 0.5) is 8.78 Å². The molecule has 3 rings (SSSR count). The van der Waals surface area contributed by atoms with Gasteiger partial charge in [0, 0.05) is 7.05 Å². The molecule has 0 aromatic heterocycles. The van der Waals surface area contributed by atoms with Crippen LogP contribution in [0.1, 0.15) is 11.6 Å². The van der Waals surface area contributed by atoms with Gasteiger partial charge in [-0.3, -0.25) is 9.69 Å². The minimum atomic E-state index is -2.73. The Morgan fingerprint density at radius 1 is 1.08 bits per heavy atom. The highest BCUT2D eigenvalue weighted by molar-refractivity contribution is 6.04. The van der Waals surface area contributed by atoms with E-state index in [1.54, 1.807) is 25.2 Å². The van der Waals surface area contributed by atoms with Gasteiger partial charge in [-0.05, 0) is 17.7 Å². The number of likely N-dealkylation sites (N-methyl/N-ethyl adjacent to an activating group) is 1. The Labute approximate surface area is 138 Å². The van der Waals surface area contributed by atoms with Crippen LogP contribution in [0.3, 0.4) is 0 Å². The standard InChI is InChI=1S/C10H11N3O.C7H6F2O/c1-13-9(14)8(12-10(13)11)7-5-3-2-4-6-7;8-7(9)10-6-4-2-1-3-5-6/h2-6,8H,1H3,(H2,11,12);1-5,7H. The van der Waals surface area contributed by atoms with Crippen LogP contribution in [-0.4, -0.2) is 30.4 Å². The molecule has 5 nitrogen and oxygen atoms in total. The zero-order valence-corrected chi connectivity index (χ0v) is 13.0. The van der Waals surface area contributed by atoms with E-state index in [9.17, 15) is 13.6 Å². The fourth-order valence-corrected chi connectivity index (χ4v) is 2.02. The Bertz CT molecular complexity index is 693. The molecule has 0 spiro atoms. The van der Waals surface area contributed by atoms with Crippen LogP contribution in [0.25, 0.3) is 0 Å². The fourth-order valence-electron chi connectivity index (χ4n) is 2.02. The molecule has 1 amide bonds. The van der Waals surface area contributed by atoms with Gasteiger partial charge in [-0.15, -0.1) is 0 Å². The lowest BCUT2D eigenvalue weighted by atomic mass is 10.1. The Hall–Kier alpha value is -2.96. The van der Waals surface area contributed by atoms with Crippen molar-refractivity contribution in [3.05, 3.63) is 66.2 Å². The van der Waals surface area contributed by atoms with Gasteiger partial charge >= 0.3 is 6.61 Å². The molecule has 24 heavy (non-hydrogen) atoms. The number of rotatable bonds is 3. The maximum absolute atomic E-state index is 11.6. The maximum atomic E-state index is 11.6. The second-order valence-corrected chi connectivity index (χ2v) is 4.89. The van der Waals surface area contributed by atoms with Gasteiger partial charge in [0.2, 0.25) is 0 Å². The number of benzene rings is 2. The molecule has 0 bridgehead atoms. The van der Waals surface area contributed by atoms with Crippen molar-refractivity contribution in [2.24, 2.45) is 10.7 Å². The molecule has 1 heterocycles. The Balaban J connectivity index is 0.000000185. The van der Waals surface area contributed by atoms with Crippen LogP contribution in [0.5, 0.6) is 5.75 Å². The first kappa shape index (κ1) is 17.4. The molecule has 1 aliphatic heterocycles. The summed E-state index contributed by atoms with van der Waals surface area (Å²) < 4.78 is 27.1. The Kier molecular flexibility index (Phi) is 5.83. The normalized spacial score (nSPS) is 16.5. The zero-order valence-electron chi connectivity index (χ0n) is 13.0. The predicted octanol–water partition coefficient (Wildman–Crippen LogP) is 2.80. The second kappa shape index (κ2) is 8.05. The van der Waals surface area contributed by atoms with Crippen molar-refractivity contribution in [1.29, 1.82) is 0 Å². The maximum Gasteiger partial charge on any atom is 0.387 e. The molecule has 2 N–H and O–H groups in total. The lowest BCUT2D eigenvalue weighted by Gasteiger charge is -2.09. The van der Waals surface area contributed by atoms with Crippen LogP contribution >= 0.6 is 0 Å². The van der Waals surface area contributed by atoms with Crippen molar-refractivity contribution in [1.82, 2.24) is 4.90 Å². The van der Waals surface area contributed by atoms with Gasteiger partial charge in [-0.1, -0.05) is 48.5 Å². The van der Waals surface area contributed by atoms with Gasteiger partial charge in [0.05, 0.1) is 0 Å². The number of hydrogen-bond acceptors (Lipinski definition) is 4. The molecule has 0 fully saturated rings. The number of halogens is 2. The zero-order chi connectivity index (χ0) is 17.5. The van der Waals surface area contributed by atoms with E-state index in [1.165, 1.54) is 17.0 Å². The number of nitrogens with two attached hydrogens (primary N) is 1. The Morgan fingerprint density at radius 3 is 2.08 bits per heavy atom. The molecule has 0 saturated carbocycles. The second-order valence-electron chi connectivity index (χ2n) is 4.89. The number of carbonyl (C=O) groups excluding carboxylic acids is 1. The molecule has 1 aliphatic rings. The molecular formula is C17H17F2N3O2. The van der Waals surface area contributed by atoms with Gasteiger partial charge < -0.3 is 10.5 Å². The van der Waals surface area contributed by atoms with Gasteiger partial charge in [0.1, 0.15) is 5.75 Å². The molecule has 0 saturated heterocycles. The Morgan fingerprint density at radius 2 is 1.62 bits per heavy atom. The summed E-state index contributed by atoms with van der Waals surface area (Å²) in [5, 5.41) is 0. The number of alkyl halides is 2. The summed E-state index contributed by atoms with van der Waals surface area (Å²) in [4.78, 5) is 17.1. The first-order valence-electron chi connectivity index (χ1n) is 7.14. The number of para-hydroxylation sites is 1. The van der Waals surface area contributed by atoms with Crippen LogP contribution < -0.4 is 10.5 Å². The first-order valence-corrected chi connectivity index (χ1v) is 7.14. The number of hydrogen-bond donors (Lipinski definition) is 1. The summed E-state index contributed by atoms with van der Waals surface area (Å²) >= 11 is 0. The van der Waals surface area contributed by atoms with E-state index in [0.29, 0.717) is 0 Å². The van der Waals surface area contributed by atoms with Gasteiger partial charge in [0.15, 0.2) is 12.0 Å². The highest BCUT2D eigenvalue weighted by Gasteiger charge is 2.31. The predicted molar refractivity (Wildman–Crippen MR) is 86.6 cm³/mol. The number of amides is 1. The number of ether oxygens (including phenoxy) is 1. The van der Waals surface area contributed by atoms with Gasteiger partial charge in [0.25, 0.3) is 5.91 Å². The third-order valence-electron chi connectivity index (χ3n) is 3.25. The first-order chi connectivity index (χ1) is 11.5. The SMILES string of the molecule is CN1C(=O)C(c2ccccc2)N=C1N.FC(F)Oc1ccccc1.